The van der Waals surface area contributed by atoms with Crippen molar-refractivity contribution in [2.45, 2.75) is 25.3 Å². The zero-order chi connectivity index (χ0) is 16.0. The maximum Gasteiger partial charge on any atom is 0.256 e. The van der Waals surface area contributed by atoms with E-state index in [1.54, 1.807) is 4.90 Å². The van der Waals surface area contributed by atoms with Gasteiger partial charge in [-0.15, -0.1) is 0 Å². The molecule has 0 atom stereocenters. The SMILES string of the molecule is CS(=O)(=O)NC1CC2(CCN(C(=O)c3ccncc3F)C2)C1. The molecule has 0 radical (unpaired) electrons. The van der Waals surface area contributed by atoms with E-state index in [-0.39, 0.29) is 22.9 Å². The second-order valence-electron chi connectivity index (χ2n) is 6.33. The predicted octanol–water partition coefficient (Wildman–Crippen LogP) is 0.765. The molecule has 22 heavy (non-hydrogen) atoms. The molecule has 1 N–H and O–H groups in total. The summed E-state index contributed by atoms with van der Waals surface area (Å²) in [5.41, 5.74) is 0.0128. The number of pyridine rings is 1. The first-order valence-corrected chi connectivity index (χ1v) is 9.03. The number of carbonyl (C=O) groups is 1. The van der Waals surface area contributed by atoms with Crippen LogP contribution in [-0.2, 0) is 10.0 Å². The molecule has 2 fully saturated rings. The summed E-state index contributed by atoms with van der Waals surface area (Å²) in [6.45, 7) is 1.13. The zero-order valence-corrected chi connectivity index (χ0v) is 13.1. The number of aromatic nitrogens is 1. The van der Waals surface area contributed by atoms with Gasteiger partial charge in [0.05, 0.1) is 18.0 Å². The van der Waals surface area contributed by atoms with Gasteiger partial charge in [-0.25, -0.2) is 17.5 Å². The fourth-order valence-electron chi connectivity index (χ4n) is 3.53. The number of likely N-dealkylation sites (tertiary alicyclic amines) is 1. The number of nitrogens with one attached hydrogen (secondary N) is 1. The highest BCUT2D eigenvalue weighted by molar-refractivity contribution is 7.88. The van der Waals surface area contributed by atoms with Gasteiger partial charge in [-0.3, -0.25) is 9.78 Å². The molecule has 1 amide bonds. The molecule has 1 spiro atoms. The van der Waals surface area contributed by atoms with Crippen molar-refractivity contribution in [2.24, 2.45) is 5.41 Å². The Bertz CT molecular complexity index is 701. The number of nitrogens with zero attached hydrogens (tertiary/aromatic N) is 2. The highest BCUT2D eigenvalue weighted by Crippen LogP contribution is 2.48. The van der Waals surface area contributed by atoms with E-state index in [0.717, 1.165) is 31.7 Å². The maximum atomic E-state index is 13.6. The minimum absolute atomic E-state index is 0.0263. The summed E-state index contributed by atoms with van der Waals surface area (Å²) in [4.78, 5) is 17.6. The summed E-state index contributed by atoms with van der Waals surface area (Å²) >= 11 is 0. The second-order valence-corrected chi connectivity index (χ2v) is 8.11. The van der Waals surface area contributed by atoms with Crippen LogP contribution in [0.15, 0.2) is 18.5 Å². The lowest BCUT2D eigenvalue weighted by Crippen LogP contribution is -2.51. The molecule has 120 valence electrons. The number of carbonyl (C=O) groups excluding carboxylic acids is 1. The molecule has 0 unspecified atom stereocenters. The Balaban J connectivity index is 1.62. The standard InChI is InChI=1S/C14H18FN3O3S/c1-22(20,21)17-10-6-14(7-10)3-5-18(9-14)13(19)11-2-4-16-8-12(11)15/h2,4,8,10,17H,3,5-7,9H2,1H3. The average Bonchev–Trinajstić information content (AvgIpc) is 2.81. The Morgan fingerprint density at radius 3 is 2.86 bits per heavy atom. The van der Waals surface area contributed by atoms with Gasteiger partial charge in [0.15, 0.2) is 5.82 Å². The topological polar surface area (TPSA) is 79.4 Å². The molecule has 1 saturated heterocycles. The van der Waals surface area contributed by atoms with E-state index < -0.39 is 15.8 Å². The highest BCUT2D eigenvalue weighted by Gasteiger charge is 2.50. The third-order valence-electron chi connectivity index (χ3n) is 4.47. The van der Waals surface area contributed by atoms with Gasteiger partial charge in [-0.1, -0.05) is 0 Å². The summed E-state index contributed by atoms with van der Waals surface area (Å²) in [5.74, 6) is -0.935. The molecular formula is C14H18FN3O3S. The molecule has 1 saturated carbocycles. The van der Waals surface area contributed by atoms with E-state index in [4.69, 9.17) is 0 Å². The van der Waals surface area contributed by atoms with E-state index in [2.05, 4.69) is 9.71 Å². The quantitative estimate of drug-likeness (QED) is 0.889. The largest absolute Gasteiger partial charge is 0.338 e. The number of sulfonamides is 1. The molecule has 0 bridgehead atoms. The van der Waals surface area contributed by atoms with Crippen molar-refractivity contribution in [3.63, 3.8) is 0 Å². The second kappa shape index (κ2) is 5.27. The number of amides is 1. The van der Waals surface area contributed by atoms with Crippen molar-refractivity contribution in [3.8, 4) is 0 Å². The molecule has 1 aliphatic carbocycles. The van der Waals surface area contributed by atoms with E-state index in [9.17, 15) is 17.6 Å². The lowest BCUT2D eigenvalue weighted by molar-refractivity contribution is 0.0684. The van der Waals surface area contributed by atoms with Gasteiger partial charge in [0.25, 0.3) is 5.91 Å². The van der Waals surface area contributed by atoms with Crippen molar-refractivity contribution in [1.29, 1.82) is 0 Å². The molecule has 1 aromatic heterocycles. The van der Waals surface area contributed by atoms with E-state index in [0.29, 0.717) is 13.1 Å². The van der Waals surface area contributed by atoms with Crippen molar-refractivity contribution in [2.75, 3.05) is 19.3 Å². The van der Waals surface area contributed by atoms with E-state index >= 15 is 0 Å². The van der Waals surface area contributed by atoms with E-state index in [1.165, 1.54) is 12.3 Å². The Kier molecular flexibility index (Phi) is 3.68. The Morgan fingerprint density at radius 2 is 2.23 bits per heavy atom. The molecular weight excluding hydrogens is 309 g/mol. The van der Waals surface area contributed by atoms with Gasteiger partial charge in [0.1, 0.15) is 0 Å². The zero-order valence-electron chi connectivity index (χ0n) is 12.3. The van der Waals surface area contributed by atoms with Crippen molar-refractivity contribution in [3.05, 3.63) is 29.8 Å². The van der Waals surface area contributed by atoms with Gasteiger partial charge < -0.3 is 4.90 Å². The maximum absolute atomic E-state index is 13.6. The summed E-state index contributed by atoms with van der Waals surface area (Å²) < 4.78 is 38.7. The first-order chi connectivity index (χ1) is 10.3. The third kappa shape index (κ3) is 2.98. The van der Waals surface area contributed by atoms with Crippen molar-refractivity contribution < 1.29 is 17.6 Å². The first-order valence-electron chi connectivity index (χ1n) is 7.14. The summed E-state index contributed by atoms with van der Waals surface area (Å²) in [6.07, 6.45) is 5.86. The molecule has 6 nitrogen and oxygen atoms in total. The number of rotatable bonds is 3. The van der Waals surface area contributed by atoms with Crippen LogP contribution in [0.3, 0.4) is 0 Å². The first kappa shape index (κ1) is 15.4. The molecule has 1 aromatic rings. The molecule has 3 rings (SSSR count). The molecule has 2 heterocycles. The Morgan fingerprint density at radius 1 is 1.50 bits per heavy atom. The summed E-state index contributed by atoms with van der Waals surface area (Å²) in [5, 5.41) is 0. The fraction of sp³-hybridized carbons (Fsp3) is 0.571. The molecule has 0 aromatic carbocycles. The fourth-order valence-corrected chi connectivity index (χ4v) is 4.30. The van der Waals surface area contributed by atoms with Gasteiger partial charge >= 0.3 is 0 Å². The minimum Gasteiger partial charge on any atom is -0.338 e. The number of hydrogen-bond donors (Lipinski definition) is 1. The summed E-state index contributed by atoms with van der Waals surface area (Å²) in [7, 11) is -3.20. The van der Waals surface area contributed by atoms with Crippen LogP contribution in [0.1, 0.15) is 29.6 Å². The number of halogens is 1. The van der Waals surface area contributed by atoms with Crippen molar-refractivity contribution in [1.82, 2.24) is 14.6 Å². The Hall–Kier alpha value is -1.54. The van der Waals surface area contributed by atoms with E-state index in [1.807, 2.05) is 0 Å². The normalized spacial score (nSPS) is 27.9. The lowest BCUT2D eigenvalue weighted by atomic mass is 9.65. The monoisotopic (exact) mass is 327 g/mol. The van der Waals surface area contributed by atoms with Crippen LogP contribution in [0, 0.1) is 11.2 Å². The van der Waals surface area contributed by atoms with Crippen LogP contribution in [0.25, 0.3) is 0 Å². The molecule has 2 aliphatic rings. The van der Waals surface area contributed by atoms with Gasteiger partial charge in [-0.2, -0.15) is 0 Å². The van der Waals surface area contributed by atoms with Gasteiger partial charge in [-0.05, 0) is 30.7 Å². The van der Waals surface area contributed by atoms with Gasteiger partial charge in [0, 0.05) is 25.3 Å². The van der Waals surface area contributed by atoms with Crippen molar-refractivity contribution >= 4 is 15.9 Å². The smallest absolute Gasteiger partial charge is 0.256 e. The lowest BCUT2D eigenvalue weighted by Gasteiger charge is -2.45. The predicted molar refractivity (Wildman–Crippen MR) is 78.2 cm³/mol. The third-order valence-corrected chi connectivity index (χ3v) is 5.23. The average molecular weight is 327 g/mol. The Labute approximate surface area is 128 Å². The van der Waals surface area contributed by atoms with Crippen LogP contribution in [0.2, 0.25) is 0 Å². The van der Waals surface area contributed by atoms with Crippen LogP contribution in [0.4, 0.5) is 4.39 Å². The molecule has 1 aliphatic heterocycles. The van der Waals surface area contributed by atoms with Crippen LogP contribution in [-0.4, -0.2) is 49.6 Å². The minimum atomic E-state index is -3.20. The number of hydrogen-bond acceptors (Lipinski definition) is 4. The van der Waals surface area contributed by atoms with Gasteiger partial charge in [0.2, 0.25) is 10.0 Å². The molecule has 8 heteroatoms. The van der Waals surface area contributed by atoms with Crippen LogP contribution < -0.4 is 4.72 Å². The summed E-state index contributed by atoms with van der Waals surface area (Å²) in [6, 6.07) is 1.33. The van der Waals surface area contributed by atoms with Crippen LogP contribution >= 0.6 is 0 Å². The highest BCUT2D eigenvalue weighted by atomic mass is 32.2. The van der Waals surface area contributed by atoms with Crippen LogP contribution in [0.5, 0.6) is 0 Å².